The molecule has 0 N–H and O–H groups in total. The average molecular weight is 317 g/mol. The van der Waals surface area contributed by atoms with E-state index >= 15 is 0 Å². The number of ether oxygens (including phenoxy) is 1. The number of carbonyl (C=O) groups excluding carboxylic acids is 1. The lowest BCUT2D eigenvalue weighted by atomic mass is 10.1. The molecule has 0 fully saturated rings. The third-order valence-electron chi connectivity index (χ3n) is 2.38. The molecule has 1 heterocycles. The highest BCUT2D eigenvalue weighted by Crippen LogP contribution is 2.30. The fourth-order valence-electron chi connectivity index (χ4n) is 1.55. The van der Waals surface area contributed by atoms with E-state index in [0.717, 1.165) is 0 Å². The molecule has 2 rings (SSSR count). The molecule has 98 valence electrons. The molecule has 0 amide bonds. The Hall–Kier alpha value is -1.29. The molecule has 0 aliphatic carbocycles. The molecule has 19 heavy (non-hydrogen) atoms. The zero-order valence-corrected chi connectivity index (χ0v) is 12.1. The van der Waals surface area contributed by atoms with Gasteiger partial charge in [0.15, 0.2) is 0 Å². The number of benzene rings is 1. The molecule has 6 heteroatoms. The van der Waals surface area contributed by atoms with Gasteiger partial charge in [-0.2, -0.15) is 0 Å². The van der Waals surface area contributed by atoms with Crippen molar-refractivity contribution in [1.82, 2.24) is 4.98 Å². The zero-order valence-electron chi connectivity index (χ0n) is 9.78. The normalized spacial score (nSPS) is 10.3. The second-order valence-electron chi connectivity index (χ2n) is 3.68. The number of carbonyl (C=O) groups is 1. The molecular formula is C13H8Cl3NO2. The summed E-state index contributed by atoms with van der Waals surface area (Å²) in [4.78, 5) is 15.6. The van der Waals surface area contributed by atoms with Crippen LogP contribution in [0.15, 0.2) is 30.3 Å². The molecule has 1 aromatic heterocycles. The van der Waals surface area contributed by atoms with Crippen LogP contribution in [0.5, 0.6) is 0 Å². The minimum atomic E-state index is -0.536. The van der Waals surface area contributed by atoms with Gasteiger partial charge in [0.1, 0.15) is 5.69 Å². The molecule has 0 bridgehead atoms. The van der Waals surface area contributed by atoms with Gasteiger partial charge in [0.2, 0.25) is 0 Å². The second kappa shape index (κ2) is 5.78. The van der Waals surface area contributed by atoms with Crippen molar-refractivity contribution in [3.63, 3.8) is 0 Å². The first kappa shape index (κ1) is 14.1. The van der Waals surface area contributed by atoms with Crippen LogP contribution in [0.2, 0.25) is 15.1 Å². The van der Waals surface area contributed by atoms with E-state index in [0.29, 0.717) is 26.3 Å². The lowest BCUT2D eigenvalue weighted by Gasteiger charge is -2.07. The van der Waals surface area contributed by atoms with Crippen molar-refractivity contribution in [2.75, 3.05) is 7.11 Å². The molecule has 0 spiro atoms. The van der Waals surface area contributed by atoms with Crippen molar-refractivity contribution in [2.24, 2.45) is 0 Å². The molecule has 0 atom stereocenters. The Kier molecular flexibility index (Phi) is 4.30. The van der Waals surface area contributed by atoms with Gasteiger partial charge < -0.3 is 4.74 Å². The Bertz CT molecular complexity index is 624. The number of pyridine rings is 1. The molecule has 0 radical (unpaired) electrons. The first-order valence-electron chi connectivity index (χ1n) is 5.22. The third-order valence-corrected chi connectivity index (χ3v) is 3.12. The molecule has 3 nitrogen and oxygen atoms in total. The van der Waals surface area contributed by atoms with Gasteiger partial charge in [-0.1, -0.05) is 34.8 Å². The Balaban J connectivity index is 2.57. The van der Waals surface area contributed by atoms with Crippen LogP contribution in [-0.4, -0.2) is 18.1 Å². The van der Waals surface area contributed by atoms with E-state index in [1.165, 1.54) is 13.2 Å². The van der Waals surface area contributed by atoms with Crippen molar-refractivity contribution in [3.8, 4) is 11.3 Å². The number of halogens is 3. The van der Waals surface area contributed by atoms with Crippen molar-refractivity contribution in [3.05, 3.63) is 51.1 Å². The summed E-state index contributed by atoms with van der Waals surface area (Å²) in [6.07, 6.45) is 0. The first-order chi connectivity index (χ1) is 9.01. The van der Waals surface area contributed by atoms with Crippen molar-refractivity contribution in [1.29, 1.82) is 0 Å². The summed E-state index contributed by atoms with van der Waals surface area (Å²) in [5, 5.41) is 1.32. The van der Waals surface area contributed by atoms with Gasteiger partial charge in [-0.05, 0) is 30.3 Å². The third kappa shape index (κ3) is 3.18. The number of aromatic nitrogens is 1. The second-order valence-corrected chi connectivity index (χ2v) is 4.96. The monoisotopic (exact) mass is 315 g/mol. The standard InChI is InChI=1S/C13H8Cl3NO2/c1-19-13(18)11-3-2-10(16)12(17-11)7-4-8(14)6-9(15)5-7/h2-6H,1H3. The number of rotatable bonds is 2. The molecule has 0 saturated heterocycles. The minimum absolute atomic E-state index is 0.165. The van der Waals surface area contributed by atoms with Crippen molar-refractivity contribution >= 4 is 40.8 Å². The molecular weight excluding hydrogens is 309 g/mol. The van der Waals surface area contributed by atoms with E-state index in [-0.39, 0.29) is 5.69 Å². The lowest BCUT2D eigenvalue weighted by molar-refractivity contribution is 0.0594. The Morgan fingerprint density at radius 1 is 1.11 bits per heavy atom. The van der Waals surface area contributed by atoms with Crippen LogP contribution in [0, 0.1) is 0 Å². The van der Waals surface area contributed by atoms with Crippen molar-refractivity contribution in [2.45, 2.75) is 0 Å². The number of hydrogen-bond donors (Lipinski definition) is 0. The minimum Gasteiger partial charge on any atom is -0.464 e. The van der Waals surface area contributed by atoms with Crippen LogP contribution in [0.25, 0.3) is 11.3 Å². The fraction of sp³-hybridized carbons (Fsp3) is 0.0769. The summed E-state index contributed by atoms with van der Waals surface area (Å²) >= 11 is 18.0. The van der Waals surface area contributed by atoms with E-state index < -0.39 is 5.97 Å². The van der Waals surface area contributed by atoms with Crippen LogP contribution in [0.1, 0.15) is 10.5 Å². The maximum absolute atomic E-state index is 11.5. The van der Waals surface area contributed by atoms with Crippen molar-refractivity contribution < 1.29 is 9.53 Å². The summed E-state index contributed by atoms with van der Waals surface area (Å²) in [7, 11) is 1.29. The van der Waals surface area contributed by atoms with Crippen LogP contribution < -0.4 is 0 Å². The molecule has 0 unspecified atom stereocenters. The van der Waals surface area contributed by atoms with E-state index in [1.807, 2.05) is 0 Å². The molecule has 0 aliphatic heterocycles. The SMILES string of the molecule is COC(=O)c1ccc(Cl)c(-c2cc(Cl)cc(Cl)c2)n1. The highest BCUT2D eigenvalue weighted by molar-refractivity contribution is 6.36. The van der Waals surface area contributed by atoms with Crippen LogP contribution >= 0.6 is 34.8 Å². The van der Waals surface area contributed by atoms with E-state index in [1.54, 1.807) is 24.3 Å². The van der Waals surface area contributed by atoms with Gasteiger partial charge in [0.25, 0.3) is 0 Å². The first-order valence-corrected chi connectivity index (χ1v) is 6.36. The number of esters is 1. The Labute approximate surface area is 125 Å². The maximum Gasteiger partial charge on any atom is 0.356 e. The van der Waals surface area contributed by atoms with Gasteiger partial charge >= 0.3 is 5.97 Å². The topological polar surface area (TPSA) is 39.2 Å². The van der Waals surface area contributed by atoms with E-state index in [4.69, 9.17) is 34.8 Å². The Morgan fingerprint density at radius 2 is 1.74 bits per heavy atom. The predicted octanol–water partition coefficient (Wildman–Crippen LogP) is 4.50. The number of hydrogen-bond acceptors (Lipinski definition) is 3. The maximum atomic E-state index is 11.5. The largest absolute Gasteiger partial charge is 0.464 e. The van der Waals surface area contributed by atoms with Crippen LogP contribution in [-0.2, 0) is 4.74 Å². The van der Waals surface area contributed by atoms with E-state index in [2.05, 4.69) is 9.72 Å². The predicted molar refractivity (Wildman–Crippen MR) is 76.0 cm³/mol. The lowest BCUT2D eigenvalue weighted by Crippen LogP contribution is -2.04. The number of nitrogens with zero attached hydrogens (tertiary/aromatic N) is 1. The highest BCUT2D eigenvalue weighted by atomic mass is 35.5. The van der Waals surface area contributed by atoms with Gasteiger partial charge in [0, 0.05) is 15.6 Å². The smallest absolute Gasteiger partial charge is 0.356 e. The summed E-state index contributed by atoms with van der Waals surface area (Å²) < 4.78 is 4.62. The highest BCUT2D eigenvalue weighted by Gasteiger charge is 2.13. The fourth-order valence-corrected chi connectivity index (χ4v) is 2.29. The van der Waals surface area contributed by atoms with E-state index in [9.17, 15) is 4.79 Å². The summed E-state index contributed by atoms with van der Waals surface area (Å²) in [5.74, 6) is -0.536. The van der Waals surface area contributed by atoms with Gasteiger partial charge in [-0.25, -0.2) is 9.78 Å². The molecule has 2 aromatic rings. The number of methoxy groups -OCH3 is 1. The quantitative estimate of drug-likeness (QED) is 0.766. The summed E-state index contributed by atoms with van der Waals surface area (Å²) in [6.45, 7) is 0. The van der Waals surface area contributed by atoms with Gasteiger partial charge in [-0.3, -0.25) is 0 Å². The summed E-state index contributed by atoms with van der Waals surface area (Å²) in [6, 6.07) is 8.00. The molecule has 0 saturated carbocycles. The summed E-state index contributed by atoms with van der Waals surface area (Å²) in [5.41, 5.74) is 1.22. The van der Waals surface area contributed by atoms with Gasteiger partial charge in [0.05, 0.1) is 17.8 Å². The van der Waals surface area contributed by atoms with Crippen LogP contribution in [0.4, 0.5) is 0 Å². The molecule has 1 aromatic carbocycles. The zero-order chi connectivity index (χ0) is 14.0. The van der Waals surface area contributed by atoms with Gasteiger partial charge in [-0.15, -0.1) is 0 Å². The Morgan fingerprint density at radius 3 is 2.32 bits per heavy atom. The average Bonchev–Trinajstić information content (AvgIpc) is 2.37. The van der Waals surface area contributed by atoms with Crippen LogP contribution in [0.3, 0.4) is 0 Å². The molecule has 0 aliphatic rings.